The second-order valence-electron chi connectivity index (χ2n) is 3.74. The van der Waals surface area contributed by atoms with Gasteiger partial charge in [0.2, 0.25) is 0 Å². The van der Waals surface area contributed by atoms with Crippen LogP contribution < -0.4 is 10.9 Å². The van der Waals surface area contributed by atoms with Crippen LogP contribution in [0.25, 0.3) is 10.3 Å². The molecular weight excluding hydrogens is 242 g/mol. The number of thiophene rings is 1. The molecule has 0 aliphatic carbocycles. The molecular formula is C11H11NO4S. The molecule has 5 nitrogen and oxygen atoms in total. The highest BCUT2D eigenvalue weighted by Crippen LogP contribution is 2.39. The Labute approximate surface area is 101 Å². The van der Waals surface area contributed by atoms with Crippen molar-refractivity contribution in [2.24, 2.45) is 0 Å². The van der Waals surface area contributed by atoms with Crippen LogP contribution in [-0.4, -0.2) is 20.4 Å². The largest absolute Gasteiger partial charge is 0.421 e. The van der Waals surface area contributed by atoms with Crippen LogP contribution in [-0.2, 0) is 9.47 Å². The van der Waals surface area contributed by atoms with Crippen molar-refractivity contribution in [2.45, 2.75) is 12.4 Å². The van der Waals surface area contributed by atoms with Crippen molar-refractivity contribution in [1.82, 2.24) is 0 Å². The molecule has 17 heavy (non-hydrogen) atoms. The lowest BCUT2D eigenvalue weighted by Gasteiger charge is -1.94. The van der Waals surface area contributed by atoms with Crippen LogP contribution in [0.1, 0.15) is 11.7 Å². The predicted molar refractivity (Wildman–Crippen MR) is 64.5 cm³/mol. The normalized spacial score (nSPS) is 22.9. The van der Waals surface area contributed by atoms with Gasteiger partial charge in [0.05, 0.1) is 15.3 Å². The molecule has 6 heteroatoms. The van der Waals surface area contributed by atoms with E-state index in [-0.39, 0.29) is 18.0 Å². The van der Waals surface area contributed by atoms with Gasteiger partial charge < -0.3 is 19.2 Å². The van der Waals surface area contributed by atoms with E-state index in [1.54, 1.807) is 7.11 Å². The number of hydrogen-bond acceptors (Lipinski definition) is 6. The van der Waals surface area contributed by atoms with Gasteiger partial charge in [-0.1, -0.05) is 0 Å². The average Bonchev–Trinajstić information content (AvgIpc) is 3.00. The van der Waals surface area contributed by atoms with Gasteiger partial charge in [0.25, 0.3) is 0 Å². The Morgan fingerprint density at radius 2 is 2.29 bits per heavy atom. The molecule has 90 valence electrons. The summed E-state index contributed by atoms with van der Waals surface area (Å²) in [5.41, 5.74) is 0.763. The molecule has 1 aliphatic rings. The van der Waals surface area contributed by atoms with E-state index in [1.165, 1.54) is 11.3 Å². The molecule has 0 saturated carbocycles. The van der Waals surface area contributed by atoms with E-state index in [9.17, 15) is 4.79 Å². The lowest BCUT2D eigenvalue weighted by molar-refractivity contribution is 0.0950. The highest BCUT2D eigenvalue weighted by atomic mass is 32.1. The topological polar surface area (TPSA) is 64.0 Å². The van der Waals surface area contributed by atoms with Crippen LogP contribution >= 0.6 is 11.3 Å². The number of anilines is 1. The number of nitrogens with one attached hydrogen (secondary N) is 1. The minimum Gasteiger partial charge on any atom is -0.421 e. The summed E-state index contributed by atoms with van der Waals surface area (Å²) < 4.78 is 16.4. The third kappa shape index (κ3) is 1.74. The monoisotopic (exact) mass is 253 g/mol. The third-order valence-corrected chi connectivity index (χ3v) is 3.77. The highest BCUT2D eigenvalue weighted by Gasteiger charge is 2.43. The Balaban J connectivity index is 2.08. The molecule has 2 aromatic rings. The van der Waals surface area contributed by atoms with Gasteiger partial charge in [-0.3, -0.25) is 0 Å². The Bertz CT molecular complexity index is 617. The van der Waals surface area contributed by atoms with Crippen molar-refractivity contribution in [3.63, 3.8) is 0 Å². The molecule has 0 bridgehead atoms. The smallest absolute Gasteiger partial charge is 0.342 e. The van der Waals surface area contributed by atoms with Crippen LogP contribution in [0.4, 0.5) is 5.00 Å². The fraction of sp³-hybridized carbons (Fsp3) is 0.364. The Kier molecular flexibility index (Phi) is 2.43. The van der Waals surface area contributed by atoms with Gasteiger partial charge in [-0.05, 0) is 6.07 Å². The van der Waals surface area contributed by atoms with Crippen molar-refractivity contribution in [3.05, 3.63) is 28.1 Å². The summed E-state index contributed by atoms with van der Waals surface area (Å²) in [6.07, 6.45) is -0.611. The summed E-state index contributed by atoms with van der Waals surface area (Å²) in [4.78, 5) is 11.8. The van der Waals surface area contributed by atoms with Gasteiger partial charge in [0.1, 0.15) is 6.10 Å². The summed E-state index contributed by atoms with van der Waals surface area (Å²) in [5.74, 6) is 0. The predicted octanol–water partition coefficient (Wildman–Crippen LogP) is 1.94. The molecule has 0 amide bonds. The molecule has 0 aromatic carbocycles. The number of rotatable bonds is 3. The van der Waals surface area contributed by atoms with Crippen LogP contribution in [0.2, 0.25) is 0 Å². The average molecular weight is 253 g/mol. The molecule has 1 fully saturated rings. The minimum absolute atomic E-state index is 0.291. The zero-order chi connectivity index (χ0) is 12.0. The van der Waals surface area contributed by atoms with Crippen molar-refractivity contribution < 1.29 is 13.9 Å². The van der Waals surface area contributed by atoms with Crippen LogP contribution in [0.15, 0.2) is 21.3 Å². The molecule has 0 spiro atoms. The molecule has 2 aromatic heterocycles. The minimum atomic E-state index is -0.359. The van der Waals surface area contributed by atoms with E-state index in [4.69, 9.17) is 13.9 Å². The van der Waals surface area contributed by atoms with Gasteiger partial charge in [-0.2, -0.15) is 0 Å². The number of fused-ring (bicyclic) bond motifs is 1. The third-order valence-electron chi connectivity index (χ3n) is 2.69. The SMILES string of the molecule is CNc1cc2oc(=O)c(C3OC3OC)cc2s1. The zero-order valence-electron chi connectivity index (χ0n) is 9.35. The number of methoxy groups -OCH3 is 1. The first-order chi connectivity index (χ1) is 8.22. The summed E-state index contributed by atoms with van der Waals surface area (Å²) in [6.45, 7) is 0. The fourth-order valence-corrected chi connectivity index (χ4v) is 2.64. The van der Waals surface area contributed by atoms with Gasteiger partial charge in [0, 0.05) is 20.2 Å². The number of hydrogen-bond donors (Lipinski definition) is 1. The standard InChI is InChI=1S/C11H11NO4S/c1-12-8-4-6-7(17-8)3-5(10(13)15-6)9-11(14-2)16-9/h3-4,9,11-12H,1-2H3. The van der Waals surface area contributed by atoms with Crippen LogP contribution in [0.3, 0.4) is 0 Å². The summed E-state index contributed by atoms with van der Waals surface area (Å²) in [5, 5.41) is 3.98. The lowest BCUT2D eigenvalue weighted by Crippen LogP contribution is -2.07. The van der Waals surface area contributed by atoms with E-state index >= 15 is 0 Å². The quantitative estimate of drug-likeness (QED) is 0.847. The Morgan fingerprint density at radius 1 is 1.47 bits per heavy atom. The van der Waals surface area contributed by atoms with E-state index < -0.39 is 0 Å². The number of epoxide rings is 1. The lowest BCUT2D eigenvalue weighted by atomic mass is 10.2. The van der Waals surface area contributed by atoms with Gasteiger partial charge in [-0.25, -0.2) is 4.79 Å². The zero-order valence-corrected chi connectivity index (χ0v) is 10.2. The van der Waals surface area contributed by atoms with Crippen molar-refractivity contribution >= 4 is 26.6 Å². The second-order valence-corrected chi connectivity index (χ2v) is 4.82. The van der Waals surface area contributed by atoms with Crippen molar-refractivity contribution in [3.8, 4) is 0 Å². The maximum atomic E-state index is 11.8. The van der Waals surface area contributed by atoms with E-state index in [0.717, 1.165) is 9.70 Å². The van der Waals surface area contributed by atoms with Gasteiger partial charge in [0.15, 0.2) is 11.9 Å². The Hall–Kier alpha value is -1.37. The van der Waals surface area contributed by atoms with E-state index in [1.807, 2.05) is 19.2 Å². The molecule has 3 rings (SSSR count). The molecule has 1 saturated heterocycles. The maximum Gasteiger partial charge on any atom is 0.342 e. The van der Waals surface area contributed by atoms with E-state index in [2.05, 4.69) is 5.32 Å². The first-order valence-corrected chi connectivity index (χ1v) is 5.98. The Morgan fingerprint density at radius 3 is 2.94 bits per heavy atom. The molecule has 3 heterocycles. The number of ether oxygens (including phenoxy) is 2. The summed E-state index contributed by atoms with van der Waals surface area (Å²) >= 11 is 1.53. The fourth-order valence-electron chi connectivity index (χ4n) is 1.75. The molecule has 2 unspecified atom stereocenters. The summed E-state index contributed by atoms with van der Waals surface area (Å²) in [6, 6.07) is 3.63. The summed E-state index contributed by atoms with van der Waals surface area (Å²) in [7, 11) is 3.38. The highest BCUT2D eigenvalue weighted by molar-refractivity contribution is 7.22. The van der Waals surface area contributed by atoms with Crippen LogP contribution in [0, 0.1) is 0 Å². The van der Waals surface area contributed by atoms with Gasteiger partial charge >= 0.3 is 5.63 Å². The second kappa shape index (κ2) is 3.83. The maximum absolute atomic E-state index is 11.8. The first kappa shape index (κ1) is 10.8. The first-order valence-electron chi connectivity index (χ1n) is 5.16. The molecule has 0 radical (unpaired) electrons. The van der Waals surface area contributed by atoms with Crippen LogP contribution in [0.5, 0.6) is 0 Å². The van der Waals surface area contributed by atoms with Gasteiger partial charge in [-0.15, -0.1) is 11.3 Å². The molecule has 2 atom stereocenters. The van der Waals surface area contributed by atoms with Crippen molar-refractivity contribution in [2.75, 3.05) is 19.5 Å². The van der Waals surface area contributed by atoms with Crippen molar-refractivity contribution in [1.29, 1.82) is 0 Å². The van der Waals surface area contributed by atoms with E-state index in [0.29, 0.717) is 11.1 Å². The molecule has 1 aliphatic heterocycles. The molecule has 1 N–H and O–H groups in total.